The van der Waals surface area contributed by atoms with Crippen molar-refractivity contribution in [3.05, 3.63) is 115 Å². The van der Waals surface area contributed by atoms with Crippen molar-refractivity contribution in [1.29, 1.82) is 0 Å². The summed E-state index contributed by atoms with van der Waals surface area (Å²) in [5.41, 5.74) is 6.77. The van der Waals surface area contributed by atoms with Gasteiger partial charge in [0.05, 0.1) is 16.7 Å². The summed E-state index contributed by atoms with van der Waals surface area (Å²) in [5.74, 6) is 1.29. The summed E-state index contributed by atoms with van der Waals surface area (Å²) in [5, 5.41) is 3.18. The minimum absolute atomic E-state index is 0. The van der Waals surface area contributed by atoms with Crippen molar-refractivity contribution >= 4 is 38.4 Å². The van der Waals surface area contributed by atoms with E-state index in [0.29, 0.717) is 11.5 Å². The fourth-order valence-electron chi connectivity index (χ4n) is 4.70. The van der Waals surface area contributed by atoms with Crippen molar-refractivity contribution in [3.8, 4) is 22.8 Å². The zero-order chi connectivity index (χ0) is 23.4. The average molecular weight is 556 g/mol. The van der Waals surface area contributed by atoms with E-state index < -0.39 is 0 Å². The van der Waals surface area contributed by atoms with Gasteiger partial charge in [0.1, 0.15) is 0 Å². The topological polar surface area (TPSA) is 39.4 Å². The molecule has 7 rings (SSSR count). The number of ether oxygens (including phenoxy) is 1. The summed E-state index contributed by atoms with van der Waals surface area (Å²) in [7, 11) is 0. The van der Waals surface area contributed by atoms with Crippen LogP contribution < -0.4 is 4.74 Å². The Hall–Kier alpha value is -4.04. The summed E-state index contributed by atoms with van der Waals surface area (Å²) in [6.45, 7) is 2.02. The van der Waals surface area contributed by atoms with E-state index in [9.17, 15) is 0 Å². The van der Waals surface area contributed by atoms with Crippen LogP contribution >= 0.6 is 0 Å². The Morgan fingerprint density at radius 2 is 1.56 bits per heavy atom. The Bertz CT molecular complexity index is 1890. The number of para-hydroxylation sites is 3. The summed E-state index contributed by atoms with van der Waals surface area (Å²) >= 11 is 0. The van der Waals surface area contributed by atoms with E-state index >= 15 is 0 Å². The molecule has 0 N–H and O–H groups in total. The van der Waals surface area contributed by atoms with Crippen molar-refractivity contribution in [2.45, 2.75) is 6.92 Å². The molecular formula is C31H19N3OPd. The maximum absolute atomic E-state index is 6.34. The third-order valence-corrected chi connectivity index (χ3v) is 6.40. The summed E-state index contributed by atoms with van der Waals surface area (Å²) in [6, 6.07) is 37.5. The van der Waals surface area contributed by atoms with Gasteiger partial charge in [0, 0.05) is 23.2 Å². The van der Waals surface area contributed by atoms with Crippen LogP contribution in [-0.4, -0.2) is 14.4 Å². The molecular weight excluding hydrogens is 537 g/mol. The minimum atomic E-state index is 0. The second kappa shape index (κ2) is 8.88. The number of benzene rings is 4. The van der Waals surface area contributed by atoms with Gasteiger partial charge in [-0.15, -0.1) is 23.8 Å². The Balaban J connectivity index is 0.00000240. The molecule has 0 saturated carbocycles. The van der Waals surface area contributed by atoms with Crippen LogP contribution in [0.15, 0.2) is 97.2 Å². The number of hydrogen-bond acceptors (Lipinski definition) is 3. The number of imidazole rings is 1. The fourth-order valence-corrected chi connectivity index (χ4v) is 4.70. The van der Waals surface area contributed by atoms with Gasteiger partial charge in [0.2, 0.25) is 0 Å². The molecule has 0 atom stereocenters. The van der Waals surface area contributed by atoms with E-state index in [2.05, 4.69) is 57.9 Å². The molecule has 0 fully saturated rings. The predicted octanol–water partition coefficient (Wildman–Crippen LogP) is 7.55. The van der Waals surface area contributed by atoms with Crippen LogP contribution in [0.5, 0.6) is 11.5 Å². The van der Waals surface area contributed by atoms with Gasteiger partial charge in [-0.3, -0.25) is 4.98 Å². The van der Waals surface area contributed by atoms with Crippen LogP contribution in [0.3, 0.4) is 0 Å². The van der Waals surface area contributed by atoms with Gasteiger partial charge in [0.15, 0.2) is 0 Å². The zero-order valence-electron chi connectivity index (χ0n) is 19.3. The number of fused-ring (bicyclic) bond motifs is 8. The molecule has 5 heteroatoms. The van der Waals surface area contributed by atoms with E-state index in [1.54, 1.807) is 6.20 Å². The summed E-state index contributed by atoms with van der Waals surface area (Å²) in [6.07, 6.45) is 1.78. The molecule has 36 heavy (non-hydrogen) atoms. The quantitative estimate of drug-likeness (QED) is 0.128. The third kappa shape index (κ3) is 3.57. The molecule has 4 aromatic carbocycles. The molecule has 0 bridgehead atoms. The Morgan fingerprint density at radius 1 is 0.750 bits per heavy atom. The molecule has 0 spiro atoms. The first-order chi connectivity index (χ1) is 17.3. The SMILES string of the molecule is Cc1ccc(-c2ccccn2)[c-]c1Oc1[c-]c2c(cc1)c1ccccc1n1c3ccccc3nc21.[Pd+2]. The molecule has 3 aromatic heterocycles. The number of rotatable bonds is 3. The first-order valence-electron chi connectivity index (χ1n) is 11.5. The molecule has 174 valence electrons. The van der Waals surface area contributed by atoms with Gasteiger partial charge in [-0.1, -0.05) is 83.9 Å². The fraction of sp³-hybridized carbons (Fsp3) is 0.0323. The van der Waals surface area contributed by atoms with E-state index in [1.807, 2.05) is 61.5 Å². The van der Waals surface area contributed by atoms with Gasteiger partial charge in [-0.2, -0.15) is 0 Å². The van der Waals surface area contributed by atoms with Crippen LogP contribution in [-0.2, 0) is 20.4 Å². The van der Waals surface area contributed by atoms with Crippen LogP contribution in [0, 0.1) is 19.1 Å². The molecule has 0 unspecified atom stereocenters. The van der Waals surface area contributed by atoms with Crippen LogP contribution in [0.25, 0.3) is 49.6 Å². The van der Waals surface area contributed by atoms with Crippen molar-refractivity contribution in [3.63, 3.8) is 0 Å². The van der Waals surface area contributed by atoms with Crippen molar-refractivity contribution in [1.82, 2.24) is 14.4 Å². The number of aryl methyl sites for hydroxylation is 1. The normalized spacial score (nSPS) is 11.2. The van der Waals surface area contributed by atoms with Gasteiger partial charge in [-0.25, -0.2) is 0 Å². The molecule has 0 amide bonds. The maximum atomic E-state index is 6.34. The summed E-state index contributed by atoms with van der Waals surface area (Å²) in [4.78, 5) is 9.42. The molecule has 0 aliphatic rings. The zero-order valence-corrected chi connectivity index (χ0v) is 20.9. The van der Waals surface area contributed by atoms with Crippen LogP contribution in [0.1, 0.15) is 5.56 Å². The molecule has 4 nitrogen and oxygen atoms in total. The van der Waals surface area contributed by atoms with Crippen molar-refractivity contribution < 1.29 is 25.2 Å². The van der Waals surface area contributed by atoms with Crippen LogP contribution in [0.4, 0.5) is 0 Å². The second-order valence-corrected chi connectivity index (χ2v) is 8.59. The molecule has 0 radical (unpaired) electrons. The predicted molar refractivity (Wildman–Crippen MR) is 140 cm³/mol. The van der Waals surface area contributed by atoms with Gasteiger partial charge in [-0.05, 0) is 35.3 Å². The Morgan fingerprint density at radius 3 is 2.42 bits per heavy atom. The van der Waals surface area contributed by atoms with Gasteiger partial charge < -0.3 is 14.1 Å². The van der Waals surface area contributed by atoms with Crippen LogP contribution in [0.2, 0.25) is 0 Å². The second-order valence-electron chi connectivity index (χ2n) is 8.59. The number of pyridine rings is 2. The van der Waals surface area contributed by atoms with Crippen molar-refractivity contribution in [2.24, 2.45) is 0 Å². The van der Waals surface area contributed by atoms with Crippen molar-refractivity contribution in [2.75, 3.05) is 0 Å². The Labute approximate surface area is 221 Å². The summed E-state index contributed by atoms with van der Waals surface area (Å²) < 4.78 is 8.55. The first-order valence-corrected chi connectivity index (χ1v) is 11.5. The molecule has 7 aromatic rings. The molecule has 0 saturated heterocycles. The Kier molecular flexibility index (Phi) is 5.53. The molecule has 0 aliphatic heterocycles. The maximum Gasteiger partial charge on any atom is 2.00 e. The van der Waals surface area contributed by atoms with Gasteiger partial charge >= 0.3 is 20.4 Å². The smallest absolute Gasteiger partial charge is 0.496 e. The standard InChI is InChI=1S/C31H19N3O.Pd/c1-20-13-14-21(26-9-6-7-17-32-26)18-30(20)35-22-15-16-23-24-8-2-4-11-28(24)34-29-12-5-3-10-27(29)33-31(34)25(23)19-22;/h2-17H,1H3;/q-2;+2. The van der Waals surface area contributed by atoms with E-state index in [4.69, 9.17) is 9.72 Å². The average Bonchev–Trinajstić information content (AvgIpc) is 3.31. The van der Waals surface area contributed by atoms with Gasteiger partial charge in [0.25, 0.3) is 0 Å². The number of aromatic nitrogens is 3. The molecule has 0 aliphatic carbocycles. The largest absolute Gasteiger partial charge is 2.00 e. The molecule has 3 heterocycles. The van der Waals surface area contributed by atoms with E-state index in [-0.39, 0.29) is 20.4 Å². The third-order valence-electron chi connectivity index (χ3n) is 6.40. The minimum Gasteiger partial charge on any atom is -0.496 e. The number of nitrogens with zero attached hydrogens (tertiary/aromatic N) is 3. The van der Waals surface area contributed by atoms with E-state index in [1.165, 1.54) is 0 Å². The first kappa shape index (κ1) is 22.4. The van der Waals surface area contributed by atoms with E-state index in [0.717, 1.165) is 55.2 Å². The number of hydrogen-bond donors (Lipinski definition) is 0. The monoisotopic (exact) mass is 555 g/mol.